The number of hydrogen-bond acceptors (Lipinski definition) is 5. The molecule has 1 aliphatic heterocycles. The Balaban J connectivity index is 1.43. The fourth-order valence-electron chi connectivity index (χ4n) is 3.70. The predicted octanol–water partition coefficient (Wildman–Crippen LogP) is 2.35. The average Bonchev–Trinajstić information content (AvgIpc) is 3.45. The first-order valence-corrected chi connectivity index (χ1v) is 9.85. The Labute approximate surface area is 171 Å². The van der Waals surface area contributed by atoms with Crippen molar-refractivity contribution in [3.8, 4) is 11.4 Å². The van der Waals surface area contributed by atoms with Gasteiger partial charge in [0.15, 0.2) is 5.52 Å². The second-order valence-corrected chi connectivity index (χ2v) is 7.60. The van der Waals surface area contributed by atoms with Gasteiger partial charge in [0.05, 0.1) is 23.8 Å². The number of H-pyrrole nitrogens is 1. The summed E-state index contributed by atoms with van der Waals surface area (Å²) in [4.78, 5) is 19.6. The molecule has 29 heavy (non-hydrogen) atoms. The van der Waals surface area contributed by atoms with Crippen molar-refractivity contribution in [3.63, 3.8) is 0 Å². The summed E-state index contributed by atoms with van der Waals surface area (Å²) in [6.07, 6.45) is 4.61. The molecule has 0 radical (unpaired) electrons. The molecular weight excluding hydrogens is 390 g/mol. The van der Waals surface area contributed by atoms with Crippen LogP contribution in [-0.4, -0.2) is 50.7 Å². The lowest BCUT2D eigenvalue weighted by Gasteiger charge is -2.17. The van der Waals surface area contributed by atoms with E-state index in [2.05, 4.69) is 25.4 Å². The van der Waals surface area contributed by atoms with Crippen molar-refractivity contribution < 1.29 is 0 Å². The van der Waals surface area contributed by atoms with Crippen molar-refractivity contribution in [3.05, 3.63) is 64.2 Å². The summed E-state index contributed by atoms with van der Waals surface area (Å²) in [6, 6.07) is 11.6. The molecular formula is C20H20ClN7O. The summed E-state index contributed by atoms with van der Waals surface area (Å²) in [6.45, 7) is 1.91. The first-order valence-electron chi connectivity index (χ1n) is 9.47. The van der Waals surface area contributed by atoms with Crippen LogP contribution in [0.25, 0.3) is 22.4 Å². The van der Waals surface area contributed by atoms with Gasteiger partial charge in [0.25, 0.3) is 5.56 Å². The normalized spacial score (nSPS) is 16.8. The Hall–Kier alpha value is -3.10. The minimum atomic E-state index is -0.210. The molecule has 4 aromatic rings. The number of pyridine rings is 1. The molecule has 9 heteroatoms. The number of nitrogens with zero attached hydrogens (tertiary/aromatic N) is 5. The maximum Gasteiger partial charge on any atom is 0.299 e. The van der Waals surface area contributed by atoms with Crippen molar-refractivity contribution in [1.82, 2.24) is 29.9 Å². The Morgan fingerprint density at radius 1 is 1.17 bits per heavy atom. The zero-order valence-electron chi connectivity index (χ0n) is 15.8. The lowest BCUT2D eigenvalue weighted by Crippen LogP contribution is -2.29. The van der Waals surface area contributed by atoms with Gasteiger partial charge in [0.2, 0.25) is 0 Å². The fraction of sp³-hybridized carbons (Fsp3) is 0.250. The van der Waals surface area contributed by atoms with Crippen molar-refractivity contribution in [2.24, 2.45) is 0 Å². The zero-order valence-corrected chi connectivity index (χ0v) is 16.6. The number of halogens is 1. The molecule has 0 amide bonds. The van der Waals surface area contributed by atoms with Crippen molar-refractivity contribution in [1.29, 1.82) is 0 Å². The minimum absolute atomic E-state index is 0.210. The van der Waals surface area contributed by atoms with Gasteiger partial charge in [-0.05, 0) is 49.9 Å². The molecule has 1 aliphatic rings. The van der Waals surface area contributed by atoms with Gasteiger partial charge in [-0.1, -0.05) is 11.6 Å². The van der Waals surface area contributed by atoms with Gasteiger partial charge < -0.3 is 10.2 Å². The van der Waals surface area contributed by atoms with Gasteiger partial charge in [-0.15, -0.1) is 0 Å². The van der Waals surface area contributed by atoms with Gasteiger partial charge in [0.1, 0.15) is 11.3 Å². The number of fused-ring (bicyclic) bond motifs is 1. The summed E-state index contributed by atoms with van der Waals surface area (Å²) in [5.74, 6) is 0.920. The van der Waals surface area contributed by atoms with Gasteiger partial charge in [0, 0.05) is 24.2 Å². The third-order valence-electron chi connectivity index (χ3n) is 5.35. The largest absolute Gasteiger partial charge is 0.355 e. The second kappa shape index (κ2) is 7.06. The first-order chi connectivity index (χ1) is 14.1. The number of anilines is 1. The molecule has 5 rings (SSSR count). The Morgan fingerprint density at radius 2 is 1.97 bits per heavy atom. The SMILES string of the molecule is CN[C@H]1CCN(c2ccc(-n3[nH]c4cn(-c5ccc(Cl)cc5)nc4c3=O)cn2)C1. The third-order valence-corrected chi connectivity index (χ3v) is 5.61. The smallest absolute Gasteiger partial charge is 0.299 e. The highest BCUT2D eigenvalue weighted by molar-refractivity contribution is 6.30. The molecule has 0 unspecified atom stereocenters. The van der Waals surface area contributed by atoms with E-state index in [0.29, 0.717) is 27.8 Å². The third kappa shape index (κ3) is 3.20. The van der Waals surface area contributed by atoms with Crippen LogP contribution >= 0.6 is 11.6 Å². The van der Waals surface area contributed by atoms with Crippen LogP contribution in [0.4, 0.5) is 5.82 Å². The standard InChI is InChI=1S/C20H20ClN7O/c1-22-14-8-9-26(11-14)18-7-6-16(10-23-18)28-20(29)19-17(24-28)12-27(25-19)15-4-2-13(21)3-5-15/h2-7,10,12,14,22,24H,8-9,11H2,1H3/t14-/m0/s1. The van der Waals surface area contributed by atoms with E-state index in [-0.39, 0.29) is 5.56 Å². The summed E-state index contributed by atoms with van der Waals surface area (Å²) < 4.78 is 3.14. The Morgan fingerprint density at radius 3 is 2.62 bits per heavy atom. The summed E-state index contributed by atoms with van der Waals surface area (Å²) in [7, 11) is 1.98. The molecule has 8 nitrogen and oxygen atoms in total. The molecule has 1 saturated heterocycles. The van der Waals surface area contributed by atoms with Crippen molar-refractivity contribution >= 4 is 28.5 Å². The first kappa shape index (κ1) is 18.0. The van der Waals surface area contributed by atoms with E-state index in [1.165, 1.54) is 4.68 Å². The van der Waals surface area contributed by atoms with E-state index in [0.717, 1.165) is 31.0 Å². The van der Waals surface area contributed by atoms with Crippen LogP contribution in [0.1, 0.15) is 6.42 Å². The quantitative estimate of drug-likeness (QED) is 0.540. The summed E-state index contributed by atoms with van der Waals surface area (Å²) in [5, 5.41) is 11.5. The maximum atomic E-state index is 12.8. The molecule has 1 atom stereocenters. The molecule has 0 aliphatic carbocycles. The van der Waals surface area contributed by atoms with E-state index >= 15 is 0 Å². The Bertz CT molecular complexity index is 1210. The van der Waals surface area contributed by atoms with Crippen LogP contribution in [0.5, 0.6) is 0 Å². The molecule has 3 aromatic heterocycles. The van der Waals surface area contributed by atoms with Crippen LogP contribution in [0.2, 0.25) is 5.02 Å². The fourth-order valence-corrected chi connectivity index (χ4v) is 3.83. The van der Waals surface area contributed by atoms with Crippen LogP contribution < -0.4 is 15.8 Å². The van der Waals surface area contributed by atoms with Crippen LogP contribution in [0, 0.1) is 0 Å². The van der Waals surface area contributed by atoms with E-state index in [9.17, 15) is 4.79 Å². The zero-order chi connectivity index (χ0) is 20.0. The highest BCUT2D eigenvalue weighted by atomic mass is 35.5. The number of likely N-dealkylation sites (N-methyl/N-ethyl adjacent to an activating group) is 1. The molecule has 0 saturated carbocycles. The molecule has 1 aromatic carbocycles. The summed E-state index contributed by atoms with van der Waals surface area (Å²) in [5.41, 5.74) is 2.34. The van der Waals surface area contributed by atoms with E-state index in [4.69, 9.17) is 11.6 Å². The van der Waals surface area contributed by atoms with Crippen LogP contribution in [-0.2, 0) is 0 Å². The maximum absolute atomic E-state index is 12.8. The number of benzene rings is 1. The topological polar surface area (TPSA) is 83.8 Å². The van der Waals surface area contributed by atoms with Crippen LogP contribution in [0.15, 0.2) is 53.6 Å². The molecule has 1 fully saturated rings. The van der Waals surface area contributed by atoms with Gasteiger partial charge in [-0.25, -0.2) is 14.3 Å². The molecule has 4 heterocycles. The highest BCUT2D eigenvalue weighted by Crippen LogP contribution is 2.20. The number of aromatic amines is 1. The monoisotopic (exact) mass is 409 g/mol. The molecule has 0 spiro atoms. The van der Waals surface area contributed by atoms with Gasteiger partial charge in [-0.3, -0.25) is 9.89 Å². The van der Waals surface area contributed by atoms with E-state index < -0.39 is 0 Å². The number of hydrogen-bond donors (Lipinski definition) is 2. The van der Waals surface area contributed by atoms with Gasteiger partial charge >= 0.3 is 0 Å². The predicted molar refractivity (Wildman–Crippen MR) is 114 cm³/mol. The number of aromatic nitrogens is 5. The molecule has 148 valence electrons. The number of rotatable bonds is 4. The van der Waals surface area contributed by atoms with Crippen LogP contribution in [0.3, 0.4) is 0 Å². The highest BCUT2D eigenvalue weighted by Gasteiger charge is 2.22. The minimum Gasteiger partial charge on any atom is -0.355 e. The Kier molecular flexibility index (Phi) is 4.37. The summed E-state index contributed by atoms with van der Waals surface area (Å²) >= 11 is 5.94. The average molecular weight is 410 g/mol. The van der Waals surface area contributed by atoms with E-state index in [1.807, 2.05) is 31.3 Å². The van der Waals surface area contributed by atoms with Crippen molar-refractivity contribution in [2.45, 2.75) is 12.5 Å². The second-order valence-electron chi connectivity index (χ2n) is 7.16. The van der Waals surface area contributed by atoms with E-state index in [1.54, 1.807) is 29.2 Å². The molecule has 2 N–H and O–H groups in total. The number of nitrogens with one attached hydrogen (secondary N) is 2. The lowest BCUT2D eigenvalue weighted by atomic mass is 10.3. The van der Waals surface area contributed by atoms with Gasteiger partial charge in [-0.2, -0.15) is 5.10 Å². The lowest BCUT2D eigenvalue weighted by molar-refractivity contribution is 0.616. The van der Waals surface area contributed by atoms with Crippen molar-refractivity contribution in [2.75, 3.05) is 25.0 Å². The molecule has 0 bridgehead atoms.